The number of carbonyl (C=O) groups excluding carboxylic acids is 6. The second-order valence-corrected chi connectivity index (χ2v) is 17.1. The fraction of sp³-hybridized carbons (Fsp3) is 0.615. The van der Waals surface area contributed by atoms with E-state index >= 15 is 0 Å². The minimum absolute atomic E-state index is 0.0601. The van der Waals surface area contributed by atoms with Gasteiger partial charge >= 0.3 is 35.8 Å². The zero-order chi connectivity index (χ0) is 47.6. The van der Waals surface area contributed by atoms with E-state index in [0.29, 0.717) is 24.5 Å². The van der Waals surface area contributed by atoms with Crippen molar-refractivity contribution in [3.63, 3.8) is 0 Å². The molecule has 0 saturated heterocycles. The largest absolute Gasteiger partial charge is 0.492 e. The van der Waals surface area contributed by atoms with E-state index in [-0.39, 0.29) is 44.4 Å². The van der Waals surface area contributed by atoms with Crippen molar-refractivity contribution in [2.24, 2.45) is 11.3 Å². The summed E-state index contributed by atoms with van der Waals surface area (Å²) in [5.74, 6) is -2.69. The summed E-state index contributed by atoms with van der Waals surface area (Å²) in [6.07, 6.45) is 13.6. The molecular weight excluding hydrogens is 833 g/mol. The van der Waals surface area contributed by atoms with Crippen LogP contribution in [-0.2, 0) is 70.0 Å². The smallest absolute Gasteiger partial charge is 0.333 e. The summed E-state index contributed by atoms with van der Waals surface area (Å²) in [6.45, 7) is 13.0. The Labute approximate surface area is 386 Å². The van der Waals surface area contributed by atoms with Crippen molar-refractivity contribution in [2.45, 2.75) is 150 Å². The number of benzene rings is 2. The van der Waals surface area contributed by atoms with Gasteiger partial charge in [0.25, 0.3) is 0 Å². The van der Waals surface area contributed by atoms with Crippen LogP contribution in [0.2, 0.25) is 0 Å². The van der Waals surface area contributed by atoms with Crippen LogP contribution in [0.1, 0.15) is 154 Å². The minimum Gasteiger partial charge on any atom is -0.492 e. The van der Waals surface area contributed by atoms with Gasteiger partial charge in [-0.2, -0.15) is 0 Å². The first-order chi connectivity index (χ1) is 31.3. The Balaban J connectivity index is 1.95. The number of aryl methyl sites for hydroxylation is 2. The summed E-state index contributed by atoms with van der Waals surface area (Å²) in [4.78, 5) is 74.6. The number of carbonyl (C=O) groups is 6. The highest BCUT2D eigenvalue weighted by Gasteiger charge is 2.38. The average Bonchev–Trinajstić information content (AvgIpc) is 3.29. The van der Waals surface area contributed by atoms with Gasteiger partial charge in [0.15, 0.2) is 0 Å². The van der Waals surface area contributed by atoms with Gasteiger partial charge in [0, 0.05) is 12.0 Å². The first-order valence-electron chi connectivity index (χ1n) is 23.8. The number of hydrogen-bond acceptors (Lipinski definition) is 13. The van der Waals surface area contributed by atoms with E-state index in [1.807, 2.05) is 12.1 Å². The van der Waals surface area contributed by atoms with E-state index in [0.717, 1.165) is 29.0 Å². The van der Waals surface area contributed by atoms with Gasteiger partial charge in [0.2, 0.25) is 0 Å². The summed E-state index contributed by atoms with van der Waals surface area (Å²) >= 11 is 0. The number of ether oxygens (including phenoxy) is 7. The first-order valence-corrected chi connectivity index (χ1v) is 23.8. The highest BCUT2D eigenvalue weighted by Crippen LogP contribution is 2.40. The topological polar surface area (TPSA) is 167 Å². The molecule has 0 radical (unpaired) electrons. The Bertz CT molecular complexity index is 1820. The van der Waals surface area contributed by atoms with E-state index in [2.05, 4.69) is 44.7 Å². The molecule has 1 saturated carbocycles. The van der Waals surface area contributed by atoms with Gasteiger partial charge < -0.3 is 33.2 Å². The molecule has 0 N–H and O–H groups in total. The first kappa shape index (κ1) is 54.1. The molecule has 0 atom stereocenters. The molecule has 2 aromatic rings. The molecule has 1 fully saturated rings. The van der Waals surface area contributed by atoms with Crippen LogP contribution >= 0.6 is 0 Å². The summed E-state index contributed by atoms with van der Waals surface area (Å²) in [6, 6.07) is 12.7. The van der Waals surface area contributed by atoms with Crippen LogP contribution in [0.4, 0.5) is 0 Å². The maximum absolute atomic E-state index is 12.8. The molecule has 0 heterocycles. The van der Waals surface area contributed by atoms with Gasteiger partial charge in [0.1, 0.15) is 50.4 Å². The zero-order valence-electron chi connectivity index (χ0n) is 39.9. The molecule has 2 aromatic carbocycles. The minimum atomic E-state index is -1.54. The van der Waals surface area contributed by atoms with Crippen molar-refractivity contribution in [1.82, 2.24) is 0 Å². The van der Waals surface area contributed by atoms with Gasteiger partial charge in [-0.15, -0.1) is 0 Å². The summed E-state index contributed by atoms with van der Waals surface area (Å²) in [7, 11) is 0. The average molecular weight is 907 g/mol. The van der Waals surface area contributed by atoms with E-state index < -0.39 is 67.9 Å². The molecule has 0 aromatic heterocycles. The van der Waals surface area contributed by atoms with Crippen molar-refractivity contribution in [2.75, 3.05) is 46.2 Å². The van der Waals surface area contributed by atoms with Crippen LogP contribution in [0.25, 0.3) is 11.1 Å². The van der Waals surface area contributed by atoms with Crippen molar-refractivity contribution >= 4 is 35.8 Å². The highest BCUT2D eigenvalue weighted by molar-refractivity contribution is 5.91. The molecule has 1 aliphatic carbocycles. The Morgan fingerprint density at radius 2 is 1.25 bits per heavy atom. The van der Waals surface area contributed by atoms with E-state index in [4.69, 9.17) is 33.2 Å². The van der Waals surface area contributed by atoms with Crippen LogP contribution in [0.3, 0.4) is 0 Å². The number of esters is 6. The van der Waals surface area contributed by atoms with Gasteiger partial charge in [0.05, 0.1) is 19.8 Å². The molecule has 13 nitrogen and oxygen atoms in total. The van der Waals surface area contributed by atoms with Crippen LogP contribution in [0.5, 0.6) is 5.75 Å². The van der Waals surface area contributed by atoms with Crippen LogP contribution in [-0.4, -0.2) is 82.1 Å². The van der Waals surface area contributed by atoms with Crippen molar-refractivity contribution < 1.29 is 61.9 Å². The third-order valence-electron chi connectivity index (χ3n) is 11.7. The molecule has 3 rings (SSSR count). The number of hydrogen-bond donors (Lipinski definition) is 0. The lowest BCUT2D eigenvalue weighted by Crippen LogP contribution is -2.44. The van der Waals surface area contributed by atoms with E-state index in [1.54, 1.807) is 20.8 Å². The number of rotatable bonds is 30. The van der Waals surface area contributed by atoms with Crippen molar-refractivity contribution in [3.8, 4) is 16.9 Å². The molecule has 0 amide bonds. The third-order valence-corrected chi connectivity index (χ3v) is 11.7. The molecule has 0 spiro atoms. The second kappa shape index (κ2) is 29.4. The van der Waals surface area contributed by atoms with Gasteiger partial charge in [-0.1, -0.05) is 90.1 Å². The van der Waals surface area contributed by atoms with Gasteiger partial charge in [-0.3, -0.25) is 24.0 Å². The van der Waals surface area contributed by atoms with Gasteiger partial charge in [-0.25, -0.2) is 4.79 Å². The lowest BCUT2D eigenvalue weighted by Gasteiger charge is -2.32. The third kappa shape index (κ3) is 19.4. The maximum Gasteiger partial charge on any atom is 0.333 e. The zero-order valence-corrected chi connectivity index (χ0v) is 39.9. The lowest BCUT2D eigenvalue weighted by molar-refractivity contribution is -0.166. The summed E-state index contributed by atoms with van der Waals surface area (Å²) in [5, 5.41) is 0. The molecule has 0 bridgehead atoms. The fourth-order valence-corrected chi connectivity index (χ4v) is 7.95. The SMILES string of the molecule is C=C(C)C(=O)OCC(COC(=O)CC(=O)OCC)(COC(=O)CC(=O)OCC)COc1ccc(-c2ccc(C3CCC(CCCCCCC)CC3)cc2CC)cc1CCCOC(=O)CC. The molecule has 13 heteroatoms. The Hall–Kier alpha value is -5.20. The second-order valence-electron chi connectivity index (χ2n) is 17.1. The Morgan fingerprint density at radius 1 is 0.631 bits per heavy atom. The van der Waals surface area contributed by atoms with E-state index in [1.165, 1.54) is 82.3 Å². The fourth-order valence-electron chi connectivity index (χ4n) is 7.95. The standard InChI is InChI=1S/C52H74O13/c1-8-13-14-15-16-18-38-20-22-40(23-21-38)41-24-26-44(39(9-2)29-41)42-25-27-45(43(30-42)19-17-28-61-46(53)10-3)62-33-52(36-65-51(58)37(6)7,34-63-49(56)31-47(54)59-11-4)35-64-50(57)32-48(55)60-12-5/h24-27,29-30,38,40H,6,8-23,28,31-36H2,1-5,7H3. The number of unbranched alkanes of at least 4 members (excludes halogenated alkanes) is 4. The quantitative estimate of drug-likeness (QED) is 0.0239. The van der Waals surface area contributed by atoms with Crippen molar-refractivity contribution in [3.05, 3.63) is 65.2 Å². The predicted octanol–water partition coefficient (Wildman–Crippen LogP) is 9.91. The Kier molecular flexibility index (Phi) is 24.5. The molecule has 360 valence electrons. The van der Waals surface area contributed by atoms with Crippen molar-refractivity contribution in [1.29, 1.82) is 0 Å². The van der Waals surface area contributed by atoms with E-state index in [9.17, 15) is 28.8 Å². The van der Waals surface area contributed by atoms with Crippen LogP contribution in [0.15, 0.2) is 48.6 Å². The molecule has 0 unspecified atom stereocenters. The summed E-state index contributed by atoms with van der Waals surface area (Å²) < 4.78 is 38.3. The molecule has 1 aliphatic rings. The van der Waals surface area contributed by atoms with Crippen LogP contribution < -0.4 is 4.74 Å². The summed E-state index contributed by atoms with van der Waals surface area (Å²) in [5.41, 5.74) is 4.06. The molecule has 65 heavy (non-hydrogen) atoms. The normalized spacial score (nSPS) is 14.7. The highest BCUT2D eigenvalue weighted by atomic mass is 16.6. The van der Waals surface area contributed by atoms with Gasteiger partial charge in [-0.05, 0) is 118 Å². The molecular formula is C52H74O13. The van der Waals surface area contributed by atoms with Crippen LogP contribution in [0, 0.1) is 11.3 Å². The lowest BCUT2D eigenvalue weighted by atomic mass is 9.76. The molecule has 0 aliphatic heterocycles. The Morgan fingerprint density at radius 3 is 1.83 bits per heavy atom. The maximum atomic E-state index is 12.8. The predicted molar refractivity (Wildman–Crippen MR) is 247 cm³/mol. The monoisotopic (exact) mass is 907 g/mol.